The maximum atomic E-state index is 12.8. The zero-order valence-electron chi connectivity index (χ0n) is 16.0. The van der Waals surface area contributed by atoms with Crippen molar-refractivity contribution in [2.75, 3.05) is 19.7 Å². The monoisotopic (exact) mass is 382 g/mol. The highest BCUT2D eigenvalue weighted by molar-refractivity contribution is 5.76. The molecule has 1 aliphatic rings. The minimum atomic E-state index is -0.781. The summed E-state index contributed by atoms with van der Waals surface area (Å²) in [5.74, 6) is -0.350. The van der Waals surface area contributed by atoms with Gasteiger partial charge in [0.2, 0.25) is 0 Å². The molecule has 2 aromatic rings. The van der Waals surface area contributed by atoms with Gasteiger partial charge in [-0.2, -0.15) is 0 Å². The molecule has 2 amide bonds. The fourth-order valence-electron chi connectivity index (χ4n) is 3.47. The molecule has 1 unspecified atom stereocenters. The molecule has 2 N–H and O–H groups in total. The van der Waals surface area contributed by atoms with Gasteiger partial charge in [-0.25, -0.2) is 4.79 Å². The molecule has 3 rings (SSSR count). The average Bonchev–Trinajstić information content (AvgIpc) is 2.73. The Balaban J connectivity index is 1.75. The summed E-state index contributed by atoms with van der Waals surface area (Å²) in [6.07, 6.45) is 0.976. The van der Waals surface area contributed by atoms with Crippen molar-refractivity contribution < 1.29 is 19.4 Å². The predicted octanol–water partition coefficient (Wildman–Crippen LogP) is 3.68. The third-order valence-electron chi connectivity index (χ3n) is 5.06. The summed E-state index contributed by atoms with van der Waals surface area (Å²) in [6.45, 7) is 3.44. The van der Waals surface area contributed by atoms with Crippen LogP contribution in [0.25, 0.3) is 0 Å². The van der Waals surface area contributed by atoms with E-state index in [2.05, 4.69) is 5.32 Å². The summed E-state index contributed by atoms with van der Waals surface area (Å²) in [6, 6.07) is 17.1. The van der Waals surface area contributed by atoms with E-state index >= 15 is 0 Å². The number of rotatable bonds is 6. The third-order valence-corrected chi connectivity index (χ3v) is 5.06. The average molecular weight is 382 g/mol. The van der Waals surface area contributed by atoms with Crippen molar-refractivity contribution in [3.8, 4) is 5.75 Å². The summed E-state index contributed by atoms with van der Waals surface area (Å²) < 4.78 is 5.51. The Morgan fingerprint density at radius 1 is 1.07 bits per heavy atom. The van der Waals surface area contributed by atoms with Crippen molar-refractivity contribution in [1.82, 2.24) is 10.2 Å². The number of carbonyl (C=O) groups excluding carboxylic acids is 1. The van der Waals surface area contributed by atoms with Crippen LogP contribution in [0, 0.1) is 5.92 Å². The van der Waals surface area contributed by atoms with Crippen LogP contribution < -0.4 is 10.1 Å². The van der Waals surface area contributed by atoms with Crippen LogP contribution in [0.4, 0.5) is 4.79 Å². The molecule has 1 heterocycles. The van der Waals surface area contributed by atoms with Gasteiger partial charge in [0.05, 0.1) is 18.6 Å². The lowest BCUT2D eigenvalue weighted by molar-refractivity contribution is -0.143. The molecule has 1 fully saturated rings. The second-order valence-corrected chi connectivity index (χ2v) is 6.89. The van der Waals surface area contributed by atoms with E-state index in [1.54, 1.807) is 4.90 Å². The van der Waals surface area contributed by atoms with Crippen LogP contribution >= 0.6 is 0 Å². The number of piperidine rings is 1. The number of hydrogen-bond donors (Lipinski definition) is 2. The number of nitrogens with one attached hydrogen (secondary N) is 1. The molecule has 0 aromatic heterocycles. The first-order valence-corrected chi connectivity index (χ1v) is 9.64. The maximum absolute atomic E-state index is 12.8. The number of aliphatic carboxylic acids is 1. The third kappa shape index (κ3) is 4.82. The van der Waals surface area contributed by atoms with Crippen LogP contribution in [-0.4, -0.2) is 41.7 Å². The van der Waals surface area contributed by atoms with E-state index in [1.165, 1.54) is 0 Å². The van der Waals surface area contributed by atoms with E-state index in [0.29, 0.717) is 32.5 Å². The minimum absolute atomic E-state index is 0.174. The topological polar surface area (TPSA) is 78.9 Å². The SMILES string of the molecule is CCOc1ccc(C(NC(=O)N2CCC(C(=O)O)CC2)c2ccccc2)cc1. The molecule has 1 aliphatic heterocycles. The lowest BCUT2D eigenvalue weighted by atomic mass is 9.97. The first-order chi connectivity index (χ1) is 13.6. The fraction of sp³-hybridized carbons (Fsp3) is 0.364. The van der Waals surface area contributed by atoms with Crippen LogP contribution in [0.1, 0.15) is 36.9 Å². The van der Waals surface area contributed by atoms with E-state index in [9.17, 15) is 9.59 Å². The van der Waals surface area contributed by atoms with Crippen molar-refractivity contribution in [1.29, 1.82) is 0 Å². The first-order valence-electron chi connectivity index (χ1n) is 9.64. The number of urea groups is 1. The molecule has 6 heteroatoms. The Bertz CT molecular complexity index is 784. The van der Waals surface area contributed by atoms with Gasteiger partial charge >= 0.3 is 12.0 Å². The lowest BCUT2D eigenvalue weighted by Crippen LogP contribution is -2.46. The molecule has 0 radical (unpaired) electrons. The van der Waals surface area contributed by atoms with E-state index in [-0.39, 0.29) is 18.0 Å². The molecule has 28 heavy (non-hydrogen) atoms. The maximum Gasteiger partial charge on any atom is 0.318 e. The standard InChI is InChI=1S/C22H26N2O4/c1-2-28-19-10-8-17(9-11-19)20(16-6-4-3-5-7-16)23-22(27)24-14-12-18(13-15-24)21(25)26/h3-11,18,20H,2,12-15H2,1H3,(H,23,27)(H,25,26). The van der Waals surface area contributed by atoms with Crippen LogP contribution in [0.3, 0.4) is 0 Å². The second-order valence-electron chi connectivity index (χ2n) is 6.89. The fourth-order valence-corrected chi connectivity index (χ4v) is 3.47. The Kier molecular flexibility index (Phi) is 6.53. The van der Waals surface area contributed by atoms with Crippen LogP contribution in [-0.2, 0) is 4.79 Å². The summed E-state index contributed by atoms with van der Waals surface area (Å²) in [5.41, 5.74) is 1.95. The summed E-state index contributed by atoms with van der Waals surface area (Å²) >= 11 is 0. The Hall–Kier alpha value is -3.02. The number of carboxylic acid groups (broad SMARTS) is 1. The van der Waals surface area contributed by atoms with Gasteiger partial charge in [0, 0.05) is 13.1 Å². The number of carboxylic acids is 1. The summed E-state index contributed by atoms with van der Waals surface area (Å²) in [5, 5.41) is 12.3. The van der Waals surface area contributed by atoms with Crippen molar-refractivity contribution in [3.05, 3.63) is 65.7 Å². The van der Waals surface area contributed by atoms with Gasteiger partial charge < -0.3 is 20.1 Å². The van der Waals surface area contributed by atoms with Crippen LogP contribution in [0.5, 0.6) is 5.75 Å². The molecular formula is C22H26N2O4. The van der Waals surface area contributed by atoms with Gasteiger partial charge in [-0.3, -0.25) is 4.79 Å². The molecule has 6 nitrogen and oxygen atoms in total. The zero-order chi connectivity index (χ0) is 19.9. The normalized spacial score (nSPS) is 15.7. The largest absolute Gasteiger partial charge is 0.494 e. The Morgan fingerprint density at radius 2 is 1.68 bits per heavy atom. The number of amides is 2. The minimum Gasteiger partial charge on any atom is -0.494 e. The zero-order valence-corrected chi connectivity index (χ0v) is 16.0. The number of hydrogen-bond acceptors (Lipinski definition) is 3. The molecule has 2 aromatic carbocycles. The van der Waals surface area contributed by atoms with Crippen molar-refractivity contribution in [2.45, 2.75) is 25.8 Å². The number of likely N-dealkylation sites (tertiary alicyclic amines) is 1. The first kappa shape index (κ1) is 19.7. The number of nitrogens with zero attached hydrogens (tertiary/aromatic N) is 1. The number of benzene rings is 2. The molecule has 0 saturated carbocycles. The molecule has 1 saturated heterocycles. The highest BCUT2D eigenvalue weighted by Gasteiger charge is 2.28. The van der Waals surface area contributed by atoms with E-state index in [0.717, 1.165) is 16.9 Å². The van der Waals surface area contributed by atoms with E-state index < -0.39 is 5.97 Å². The van der Waals surface area contributed by atoms with E-state index in [4.69, 9.17) is 9.84 Å². The van der Waals surface area contributed by atoms with Gasteiger partial charge in [0.15, 0.2) is 0 Å². The Morgan fingerprint density at radius 3 is 2.25 bits per heavy atom. The highest BCUT2D eigenvalue weighted by Crippen LogP contribution is 2.25. The lowest BCUT2D eigenvalue weighted by Gasteiger charge is -2.32. The van der Waals surface area contributed by atoms with Crippen LogP contribution in [0.2, 0.25) is 0 Å². The molecular weight excluding hydrogens is 356 g/mol. The van der Waals surface area contributed by atoms with Gasteiger partial charge in [-0.1, -0.05) is 42.5 Å². The molecule has 0 spiro atoms. The summed E-state index contributed by atoms with van der Waals surface area (Å²) in [4.78, 5) is 25.7. The number of ether oxygens (including phenoxy) is 1. The van der Waals surface area contributed by atoms with Crippen molar-refractivity contribution in [3.63, 3.8) is 0 Å². The Labute approximate surface area is 165 Å². The van der Waals surface area contributed by atoms with Gasteiger partial charge in [-0.05, 0) is 43.0 Å². The number of carbonyl (C=O) groups is 2. The van der Waals surface area contributed by atoms with Crippen LogP contribution in [0.15, 0.2) is 54.6 Å². The highest BCUT2D eigenvalue weighted by atomic mass is 16.5. The molecule has 1 atom stereocenters. The van der Waals surface area contributed by atoms with E-state index in [1.807, 2.05) is 61.5 Å². The predicted molar refractivity (Wildman–Crippen MR) is 106 cm³/mol. The van der Waals surface area contributed by atoms with Gasteiger partial charge in [0.25, 0.3) is 0 Å². The molecule has 0 aliphatic carbocycles. The van der Waals surface area contributed by atoms with Crippen molar-refractivity contribution >= 4 is 12.0 Å². The van der Waals surface area contributed by atoms with Gasteiger partial charge in [-0.15, -0.1) is 0 Å². The van der Waals surface area contributed by atoms with Gasteiger partial charge in [0.1, 0.15) is 5.75 Å². The summed E-state index contributed by atoms with van der Waals surface area (Å²) in [7, 11) is 0. The quantitative estimate of drug-likeness (QED) is 0.799. The smallest absolute Gasteiger partial charge is 0.318 e. The second kappa shape index (κ2) is 9.26. The van der Waals surface area contributed by atoms with Crippen molar-refractivity contribution in [2.24, 2.45) is 5.92 Å². The molecule has 148 valence electrons. The molecule has 0 bridgehead atoms.